The van der Waals surface area contributed by atoms with Crippen molar-refractivity contribution in [2.45, 2.75) is 47.0 Å². The molecule has 0 saturated carbocycles. The van der Waals surface area contributed by atoms with E-state index >= 15 is 4.39 Å². The van der Waals surface area contributed by atoms with Crippen LogP contribution in [-0.2, 0) is 0 Å². The van der Waals surface area contributed by atoms with E-state index in [4.69, 9.17) is 9.47 Å². The number of hydrogen-bond donors (Lipinski definition) is 1. The monoisotopic (exact) mass is 463 g/mol. The van der Waals surface area contributed by atoms with Crippen LogP contribution in [0, 0.1) is 5.41 Å². The largest absolute Gasteiger partial charge is 0.497 e. The van der Waals surface area contributed by atoms with Crippen LogP contribution in [0.25, 0.3) is 5.83 Å². The summed E-state index contributed by atoms with van der Waals surface area (Å²) < 4.78 is 26.0. The van der Waals surface area contributed by atoms with Crippen LogP contribution in [0.15, 0.2) is 71.3 Å². The molecule has 0 aliphatic heterocycles. The third-order valence-corrected chi connectivity index (χ3v) is 6.44. The number of nitrogens with one attached hydrogen (secondary N) is 1. The number of carbonyl (C=O) groups is 1. The number of ether oxygens (including phenoxy) is 2. The first-order valence-electron chi connectivity index (χ1n) is 11.5. The number of amides is 1. The molecule has 0 radical (unpaired) electrons. The number of halogens is 1. The standard InChI is InChI=1S/C29H34FNO3/c1-19-8-7-17-29(3,4)25(19)16-9-20(2)27(30)24-15-10-21(18-26(24)34-6)28(32)31-22-11-13-23(33-5)14-12-22/h9-16,18H,7-8,17H2,1-6H3,(H,31,32). The zero-order valence-electron chi connectivity index (χ0n) is 20.9. The Kier molecular flexibility index (Phi) is 7.98. The molecule has 0 saturated heterocycles. The molecule has 2 aromatic carbocycles. The molecule has 1 N–H and O–H groups in total. The first kappa shape index (κ1) is 25.3. The fourth-order valence-electron chi connectivity index (χ4n) is 4.40. The maximum Gasteiger partial charge on any atom is 0.255 e. The van der Waals surface area contributed by atoms with Gasteiger partial charge in [-0.3, -0.25) is 4.79 Å². The maximum atomic E-state index is 15.4. The number of carbonyl (C=O) groups excluding carboxylic acids is 1. The van der Waals surface area contributed by atoms with Gasteiger partial charge >= 0.3 is 0 Å². The molecule has 1 aliphatic rings. The fraction of sp³-hybridized carbons (Fsp3) is 0.345. The smallest absolute Gasteiger partial charge is 0.255 e. The van der Waals surface area contributed by atoms with Crippen LogP contribution < -0.4 is 14.8 Å². The van der Waals surface area contributed by atoms with Crippen LogP contribution in [0.2, 0.25) is 0 Å². The topological polar surface area (TPSA) is 47.6 Å². The highest BCUT2D eigenvalue weighted by molar-refractivity contribution is 6.04. The highest BCUT2D eigenvalue weighted by atomic mass is 19.1. The van der Waals surface area contributed by atoms with E-state index in [2.05, 4.69) is 26.1 Å². The summed E-state index contributed by atoms with van der Waals surface area (Å²) in [5.41, 5.74) is 4.58. The van der Waals surface area contributed by atoms with E-state index in [9.17, 15) is 4.79 Å². The Morgan fingerprint density at radius 1 is 1.09 bits per heavy atom. The van der Waals surface area contributed by atoms with Gasteiger partial charge in [0.2, 0.25) is 0 Å². The van der Waals surface area contributed by atoms with Crippen molar-refractivity contribution >= 4 is 17.4 Å². The molecule has 0 aromatic heterocycles. The van der Waals surface area contributed by atoms with E-state index in [1.165, 1.54) is 24.7 Å². The number of benzene rings is 2. The molecule has 0 heterocycles. The quantitative estimate of drug-likeness (QED) is 0.427. The van der Waals surface area contributed by atoms with Gasteiger partial charge in [0.1, 0.15) is 17.3 Å². The van der Waals surface area contributed by atoms with E-state index in [-0.39, 0.29) is 17.1 Å². The first-order chi connectivity index (χ1) is 16.2. The van der Waals surface area contributed by atoms with Gasteiger partial charge < -0.3 is 14.8 Å². The summed E-state index contributed by atoms with van der Waals surface area (Å²) in [6, 6.07) is 11.8. The number of methoxy groups -OCH3 is 2. The van der Waals surface area contributed by atoms with E-state index < -0.39 is 0 Å². The molecule has 34 heavy (non-hydrogen) atoms. The molecule has 0 unspecified atom stereocenters. The van der Waals surface area contributed by atoms with Crippen LogP contribution in [-0.4, -0.2) is 20.1 Å². The minimum absolute atomic E-state index is 0.0895. The molecule has 0 spiro atoms. The van der Waals surface area contributed by atoms with Crippen molar-refractivity contribution in [2.75, 3.05) is 19.5 Å². The van der Waals surface area contributed by atoms with E-state index in [1.54, 1.807) is 56.5 Å². The minimum Gasteiger partial charge on any atom is -0.497 e. The highest BCUT2D eigenvalue weighted by Gasteiger charge is 2.26. The maximum absolute atomic E-state index is 15.4. The molecule has 2 aromatic rings. The van der Waals surface area contributed by atoms with Crippen molar-refractivity contribution in [2.24, 2.45) is 5.41 Å². The Bertz CT molecular complexity index is 1140. The second-order valence-electron chi connectivity index (χ2n) is 9.36. The van der Waals surface area contributed by atoms with Crippen LogP contribution in [0.4, 0.5) is 10.1 Å². The van der Waals surface area contributed by atoms with Gasteiger partial charge in [0.25, 0.3) is 5.91 Å². The van der Waals surface area contributed by atoms with Crippen molar-refractivity contribution < 1.29 is 18.7 Å². The Labute approximate surface area is 202 Å². The summed E-state index contributed by atoms with van der Waals surface area (Å²) in [5.74, 6) is 0.329. The first-order valence-corrected chi connectivity index (χ1v) is 11.5. The van der Waals surface area contributed by atoms with Crippen molar-refractivity contribution in [1.82, 2.24) is 0 Å². The van der Waals surface area contributed by atoms with Gasteiger partial charge in [0.05, 0.1) is 19.8 Å². The number of hydrogen-bond acceptors (Lipinski definition) is 3. The normalized spacial score (nSPS) is 16.3. The van der Waals surface area contributed by atoms with Crippen molar-refractivity contribution in [3.63, 3.8) is 0 Å². The highest BCUT2D eigenvalue weighted by Crippen LogP contribution is 2.41. The molecule has 0 atom stereocenters. The second kappa shape index (κ2) is 10.7. The molecule has 1 amide bonds. The molecule has 0 bridgehead atoms. The zero-order valence-corrected chi connectivity index (χ0v) is 20.9. The van der Waals surface area contributed by atoms with Gasteiger partial charge in [-0.05, 0) is 92.1 Å². The molecular weight excluding hydrogens is 429 g/mol. The van der Waals surface area contributed by atoms with E-state index in [0.29, 0.717) is 33.9 Å². The molecule has 180 valence electrons. The second-order valence-corrected chi connectivity index (χ2v) is 9.36. The summed E-state index contributed by atoms with van der Waals surface area (Å²) in [6.07, 6.45) is 7.29. The molecule has 1 aliphatic carbocycles. The Morgan fingerprint density at radius 2 is 1.79 bits per heavy atom. The summed E-state index contributed by atoms with van der Waals surface area (Å²) in [7, 11) is 3.06. The van der Waals surface area contributed by atoms with Crippen molar-refractivity contribution in [1.29, 1.82) is 0 Å². The van der Waals surface area contributed by atoms with Gasteiger partial charge in [-0.25, -0.2) is 4.39 Å². The van der Waals surface area contributed by atoms with Crippen LogP contribution in [0.1, 0.15) is 62.9 Å². The number of rotatable bonds is 7. The molecular formula is C29H34FNO3. The van der Waals surface area contributed by atoms with Crippen LogP contribution in [0.3, 0.4) is 0 Å². The minimum atomic E-state index is -0.373. The summed E-state index contributed by atoms with van der Waals surface area (Å²) in [5, 5.41) is 2.83. The number of anilines is 1. The SMILES string of the molecule is COc1ccc(NC(=O)c2ccc(C(F)=C(C)C=CC3=C(C)CCCC3(C)C)c(OC)c2)cc1. The Balaban J connectivity index is 1.83. The molecule has 3 rings (SSSR count). The lowest BCUT2D eigenvalue weighted by Gasteiger charge is -2.33. The Morgan fingerprint density at radius 3 is 2.41 bits per heavy atom. The average Bonchev–Trinajstić information content (AvgIpc) is 2.82. The summed E-state index contributed by atoms with van der Waals surface area (Å²) in [6.45, 7) is 8.39. The lowest BCUT2D eigenvalue weighted by molar-refractivity contribution is 0.102. The van der Waals surface area contributed by atoms with E-state index in [0.717, 1.165) is 12.8 Å². The Hall–Kier alpha value is -3.34. The molecule has 4 nitrogen and oxygen atoms in total. The lowest BCUT2D eigenvalue weighted by atomic mass is 9.72. The van der Waals surface area contributed by atoms with Gasteiger partial charge in [0.15, 0.2) is 0 Å². The van der Waals surface area contributed by atoms with Gasteiger partial charge in [-0.2, -0.15) is 0 Å². The summed E-state index contributed by atoms with van der Waals surface area (Å²) in [4.78, 5) is 12.7. The zero-order chi connectivity index (χ0) is 24.9. The molecule has 0 fully saturated rings. The van der Waals surface area contributed by atoms with Crippen LogP contribution >= 0.6 is 0 Å². The van der Waals surface area contributed by atoms with Gasteiger partial charge in [0, 0.05) is 11.3 Å². The van der Waals surface area contributed by atoms with Crippen LogP contribution in [0.5, 0.6) is 11.5 Å². The third kappa shape index (κ3) is 5.77. The van der Waals surface area contributed by atoms with Crippen molar-refractivity contribution in [3.05, 3.63) is 82.5 Å². The fourth-order valence-corrected chi connectivity index (χ4v) is 4.40. The van der Waals surface area contributed by atoms with Crippen molar-refractivity contribution in [3.8, 4) is 11.5 Å². The van der Waals surface area contributed by atoms with E-state index in [1.807, 2.05) is 12.2 Å². The van der Waals surface area contributed by atoms with Gasteiger partial charge in [-0.1, -0.05) is 31.6 Å². The third-order valence-electron chi connectivity index (χ3n) is 6.44. The lowest BCUT2D eigenvalue weighted by Crippen LogP contribution is -2.19. The van der Waals surface area contributed by atoms with Gasteiger partial charge in [-0.15, -0.1) is 0 Å². The average molecular weight is 464 g/mol. The predicted octanol–water partition coefficient (Wildman–Crippen LogP) is 7.74. The molecule has 5 heteroatoms. The predicted molar refractivity (Wildman–Crippen MR) is 137 cm³/mol. The summed E-state index contributed by atoms with van der Waals surface area (Å²) >= 11 is 0. The number of allylic oxidation sites excluding steroid dienone is 5.